The molecule has 166 valence electrons. The number of Topliss-reactive ketones (excluding diaryl/α,β-unsaturated/α-hetero) is 1. The summed E-state index contributed by atoms with van der Waals surface area (Å²) in [5, 5.41) is 0. The van der Waals surface area contributed by atoms with Crippen molar-refractivity contribution in [2.45, 2.75) is 78.8 Å². The number of carbonyl (C=O) groups excluding carboxylic acids is 1. The molecule has 0 saturated carbocycles. The van der Waals surface area contributed by atoms with Gasteiger partial charge in [0.2, 0.25) is 0 Å². The molecule has 1 nitrogen and oxygen atoms in total. The van der Waals surface area contributed by atoms with Crippen LogP contribution in [0.2, 0.25) is 13.3 Å². The number of hydrogen-bond donors (Lipinski definition) is 0. The fourth-order valence-corrected chi connectivity index (χ4v) is 24.2. The van der Waals surface area contributed by atoms with Crippen LogP contribution in [0.1, 0.15) is 69.7 Å². The fraction of sp³-hybridized carbons (Fsp3) is 0.542. The van der Waals surface area contributed by atoms with Crippen LogP contribution >= 0.6 is 11.3 Å². The van der Waals surface area contributed by atoms with Crippen molar-refractivity contribution in [1.82, 2.24) is 0 Å². The number of halogens is 3. The maximum absolute atomic E-state index is 12.7. The predicted molar refractivity (Wildman–Crippen MR) is 125 cm³/mol. The van der Waals surface area contributed by atoms with Crippen LogP contribution in [0.4, 0.5) is 13.2 Å². The third-order valence-electron chi connectivity index (χ3n) is 5.84. The second-order valence-corrected chi connectivity index (χ2v) is 23.4. The molecule has 1 heterocycles. The van der Waals surface area contributed by atoms with Crippen molar-refractivity contribution in [3.8, 4) is 10.4 Å². The zero-order valence-corrected chi connectivity index (χ0v) is 21.9. The zero-order valence-electron chi connectivity index (χ0n) is 18.3. The van der Waals surface area contributed by atoms with Gasteiger partial charge < -0.3 is 0 Å². The number of hydrogen-bond acceptors (Lipinski definition) is 2. The SMILES string of the molecule is CCC[CH2][Sn]([CH2]CCC)([CH2]CCC)[c]1ccc(-c2ccc(C(=O)C(F)(F)F)cc2)s1. The third kappa shape index (κ3) is 6.59. The Morgan fingerprint density at radius 2 is 1.33 bits per heavy atom. The van der Waals surface area contributed by atoms with Gasteiger partial charge in [-0.05, 0) is 0 Å². The van der Waals surface area contributed by atoms with Gasteiger partial charge in [0.1, 0.15) is 0 Å². The minimum absolute atomic E-state index is 0.301. The van der Waals surface area contributed by atoms with Gasteiger partial charge in [0.25, 0.3) is 0 Å². The van der Waals surface area contributed by atoms with E-state index in [9.17, 15) is 18.0 Å². The van der Waals surface area contributed by atoms with Crippen LogP contribution in [-0.2, 0) is 0 Å². The molecule has 0 spiro atoms. The first-order chi connectivity index (χ1) is 14.3. The molecular formula is C24H33F3OSSn. The molecule has 2 rings (SSSR count). The second-order valence-electron chi connectivity index (χ2n) is 8.16. The Kier molecular flexibility index (Phi) is 9.92. The summed E-state index contributed by atoms with van der Waals surface area (Å²) >= 11 is -0.644. The molecule has 30 heavy (non-hydrogen) atoms. The van der Waals surface area contributed by atoms with Gasteiger partial charge in [-0.3, -0.25) is 0 Å². The average molecular weight is 545 g/mol. The van der Waals surface area contributed by atoms with Gasteiger partial charge in [0, 0.05) is 0 Å². The van der Waals surface area contributed by atoms with Crippen LogP contribution < -0.4 is 2.89 Å². The van der Waals surface area contributed by atoms with Gasteiger partial charge in [-0.1, -0.05) is 0 Å². The molecule has 0 aliphatic rings. The number of thiophene rings is 1. The fourth-order valence-electron chi connectivity index (χ4n) is 4.02. The molecule has 0 saturated heterocycles. The van der Waals surface area contributed by atoms with Crippen LogP contribution in [0, 0.1) is 0 Å². The van der Waals surface area contributed by atoms with E-state index in [1.165, 1.54) is 64.0 Å². The maximum atomic E-state index is 12.7. The Balaban J connectivity index is 2.32. The molecule has 1 aromatic heterocycles. The van der Waals surface area contributed by atoms with Crippen molar-refractivity contribution < 1.29 is 18.0 Å². The van der Waals surface area contributed by atoms with Crippen molar-refractivity contribution in [3.63, 3.8) is 0 Å². The van der Waals surface area contributed by atoms with Gasteiger partial charge in [0.15, 0.2) is 0 Å². The van der Waals surface area contributed by atoms with E-state index in [4.69, 9.17) is 0 Å². The molecule has 2 aromatic rings. The van der Waals surface area contributed by atoms with E-state index in [2.05, 4.69) is 32.9 Å². The molecule has 0 aliphatic carbocycles. The van der Waals surface area contributed by atoms with Gasteiger partial charge >= 0.3 is 188 Å². The summed E-state index contributed by atoms with van der Waals surface area (Å²) in [7, 11) is 0. The minimum atomic E-state index is -4.83. The monoisotopic (exact) mass is 546 g/mol. The van der Waals surface area contributed by atoms with E-state index in [1.54, 1.807) is 15.0 Å². The predicted octanol–water partition coefficient (Wildman–Crippen LogP) is 8.22. The molecule has 0 bridgehead atoms. The van der Waals surface area contributed by atoms with Crippen molar-refractivity contribution in [3.05, 3.63) is 42.0 Å². The van der Waals surface area contributed by atoms with Crippen LogP contribution in [-0.4, -0.2) is 30.3 Å². The van der Waals surface area contributed by atoms with E-state index in [1.807, 2.05) is 11.3 Å². The number of carbonyl (C=O) groups is 1. The Morgan fingerprint density at radius 3 is 1.77 bits per heavy atom. The van der Waals surface area contributed by atoms with E-state index >= 15 is 0 Å². The summed E-state index contributed by atoms with van der Waals surface area (Å²) < 4.78 is 43.8. The quantitative estimate of drug-likeness (QED) is 0.194. The van der Waals surface area contributed by atoms with E-state index < -0.39 is 30.3 Å². The van der Waals surface area contributed by atoms with Gasteiger partial charge in [-0.2, -0.15) is 0 Å². The number of rotatable bonds is 12. The number of alkyl halides is 3. The Bertz CT molecular complexity index is 774. The summed E-state index contributed by atoms with van der Waals surface area (Å²) in [5.74, 6) is -1.78. The molecule has 0 N–H and O–H groups in total. The van der Waals surface area contributed by atoms with Crippen molar-refractivity contribution in [1.29, 1.82) is 0 Å². The first kappa shape index (κ1) is 25.4. The molecular weight excluding hydrogens is 512 g/mol. The molecule has 0 amide bonds. The first-order valence-electron chi connectivity index (χ1n) is 11.1. The molecule has 0 atom stereocenters. The van der Waals surface area contributed by atoms with E-state index in [0.717, 1.165) is 10.4 Å². The summed E-state index contributed by atoms with van der Waals surface area (Å²) in [6.07, 6.45) is 2.74. The van der Waals surface area contributed by atoms with Crippen molar-refractivity contribution >= 4 is 38.4 Å². The van der Waals surface area contributed by atoms with Crippen LogP contribution in [0.15, 0.2) is 36.4 Å². The van der Waals surface area contributed by atoms with Gasteiger partial charge in [-0.15, -0.1) is 0 Å². The molecule has 0 fully saturated rings. The first-order valence-corrected chi connectivity index (χ1v) is 19.4. The van der Waals surface area contributed by atoms with Crippen molar-refractivity contribution in [2.75, 3.05) is 0 Å². The molecule has 1 aromatic carbocycles. The standard InChI is InChI=1S/C12H6F3OS.3C4H9.Sn/c13-12(14,15)11(16)9-5-3-8(4-6-9)10-2-1-7-17-10;3*1-3-4-2;/h1-6H;3*1,3-4H2,2H3;. The molecule has 6 heteroatoms. The van der Waals surface area contributed by atoms with Gasteiger partial charge in [-0.25, -0.2) is 0 Å². The third-order valence-corrected chi connectivity index (χ3v) is 25.3. The summed E-state index contributed by atoms with van der Waals surface area (Å²) in [6, 6.07) is 10.3. The Labute approximate surface area is 187 Å². The average Bonchev–Trinajstić information content (AvgIpc) is 3.23. The summed E-state index contributed by atoms with van der Waals surface area (Å²) in [4.78, 5) is 12.5. The summed E-state index contributed by atoms with van der Waals surface area (Å²) in [6.45, 7) is 6.79. The second kappa shape index (κ2) is 11.7. The van der Waals surface area contributed by atoms with Crippen LogP contribution in [0.5, 0.6) is 0 Å². The Morgan fingerprint density at radius 1 is 0.833 bits per heavy atom. The van der Waals surface area contributed by atoms with Crippen LogP contribution in [0.3, 0.4) is 0 Å². The topological polar surface area (TPSA) is 17.1 Å². The normalized spacial score (nSPS) is 12.3. The zero-order chi connectivity index (χ0) is 22.2. The summed E-state index contributed by atoms with van der Waals surface area (Å²) in [5.41, 5.74) is 0.594. The molecule has 0 unspecified atom stereocenters. The van der Waals surface area contributed by atoms with Gasteiger partial charge in [0.05, 0.1) is 0 Å². The Hall–Kier alpha value is -0.821. The van der Waals surface area contributed by atoms with E-state index in [-0.39, 0.29) is 5.56 Å². The number of benzene rings is 1. The van der Waals surface area contributed by atoms with Crippen LogP contribution in [0.25, 0.3) is 10.4 Å². The molecule has 0 radical (unpaired) electrons. The molecule has 0 aliphatic heterocycles. The number of unbranched alkanes of at least 4 members (excludes halogenated alkanes) is 3. The van der Waals surface area contributed by atoms with Crippen molar-refractivity contribution in [2.24, 2.45) is 0 Å². The number of ketones is 1. The van der Waals surface area contributed by atoms with E-state index in [0.29, 0.717) is 0 Å².